The predicted molar refractivity (Wildman–Crippen MR) is 69.1 cm³/mol. The van der Waals surface area contributed by atoms with Crippen molar-refractivity contribution >= 4 is 12.0 Å². The number of amides is 2. The highest BCUT2D eigenvalue weighted by atomic mass is 16.6. The molecule has 0 aromatic carbocycles. The number of piperidine rings is 1. The van der Waals surface area contributed by atoms with Gasteiger partial charge < -0.3 is 15.4 Å². The lowest BCUT2D eigenvalue weighted by atomic mass is 9.83. The number of ether oxygens (including phenoxy) is 1. The molecule has 2 atom stereocenters. The number of rotatable bonds is 2. The summed E-state index contributed by atoms with van der Waals surface area (Å²) in [6.07, 6.45) is 0.347. The number of carbonyl (C=O) groups excluding carboxylic acids is 2. The Bertz CT molecular complexity index is 321. The molecule has 1 aliphatic rings. The lowest BCUT2D eigenvalue weighted by Crippen LogP contribution is -2.56. The third kappa shape index (κ3) is 4.20. The van der Waals surface area contributed by atoms with Crippen molar-refractivity contribution in [2.75, 3.05) is 6.54 Å². The van der Waals surface area contributed by atoms with Crippen molar-refractivity contribution in [2.24, 2.45) is 11.8 Å². The molecule has 18 heavy (non-hydrogen) atoms. The predicted octanol–water partition coefficient (Wildman–Crippen LogP) is 1.67. The Labute approximate surface area is 109 Å². The zero-order valence-corrected chi connectivity index (χ0v) is 11.9. The summed E-state index contributed by atoms with van der Waals surface area (Å²) in [4.78, 5) is 23.6. The molecule has 5 heteroatoms. The van der Waals surface area contributed by atoms with Crippen molar-refractivity contribution in [1.29, 1.82) is 0 Å². The first kappa shape index (κ1) is 14.8. The first-order valence-electron chi connectivity index (χ1n) is 6.48. The minimum atomic E-state index is -0.553. The van der Waals surface area contributed by atoms with Gasteiger partial charge in [-0.3, -0.25) is 4.79 Å². The summed E-state index contributed by atoms with van der Waals surface area (Å²) >= 11 is 0. The average Bonchev–Trinajstić information content (AvgIpc) is 2.17. The Morgan fingerprint density at radius 1 is 1.44 bits per heavy atom. The fourth-order valence-electron chi connectivity index (χ4n) is 2.16. The summed E-state index contributed by atoms with van der Waals surface area (Å²) in [5.74, 6) is 0.382. The number of hydrogen-bond acceptors (Lipinski definition) is 3. The quantitative estimate of drug-likeness (QED) is 0.789. The monoisotopic (exact) mass is 256 g/mol. The second-order valence-corrected chi connectivity index (χ2v) is 6.11. The molecular weight excluding hydrogens is 232 g/mol. The maximum atomic E-state index is 11.8. The van der Waals surface area contributed by atoms with Gasteiger partial charge in [-0.05, 0) is 39.0 Å². The van der Waals surface area contributed by atoms with Gasteiger partial charge in [-0.1, -0.05) is 13.8 Å². The van der Waals surface area contributed by atoms with E-state index >= 15 is 0 Å². The van der Waals surface area contributed by atoms with Crippen LogP contribution in [0.4, 0.5) is 4.79 Å². The van der Waals surface area contributed by atoms with E-state index in [2.05, 4.69) is 24.5 Å². The molecule has 0 bridgehead atoms. The van der Waals surface area contributed by atoms with Gasteiger partial charge in [0.15, 0.2) is 0 Å². The topological polar surface area (TPSA) is 67.4 Å². The van der Waals surface area contributed by atoms with Crippen LogP contribution in [0.2, 0.25) is 0 Å². The van der Waals surface area contributed by atoms with Gasteiger partial charge in [-0.15, -0.1) is 0 Å². The number of alkyl carbamates (subject to hydrolysis) is 1. The minimum absolute atomic E-state index is 0.120. The molecule has 104 valence electrons. The van der Waals surface area contributed by atoms with Crippen LogP contribution in [0.5, 0.6) is 0 Å². The molecule has 0 unspecified atom stereocenters. The Balaban J connectivity index is 2.66. The van der Waals surface area contributed by atoms with Crippen molar-refractivity contribution in [3.05, 3.63) is 0 Å². The summed E-state index contributed by atoms with van der Waals surface area (Å²) in [5.41, 5.74) is -0.553. The van der Waals surface area contributed by atoms with Crippen LogP contribution in [-0.2, 0) is 9.53 Å². The molecule has 1 rings (SSSR count). The van der Waals surface area contributed by atoms with Gasteiger partial charge in [0.1, 0.15) is 11.6 Å². The van der Waals surface area contributed by atoms with Crippen LogP contribution in [0.25, 0.3) is 0 Å². The van der Waals surface area contributed by atoms with Gasteiger partial charge in [-0.2, -0.15) is 0 Å². The number of nitrogens with one attached hydrogen (secondary N) is 2. The third-order valence-electron chi connectivity index (χ3n) is 3.02. The molecule has 0 spiro atoms. The van der Waals surface area contributed by atoms with Crippen molar-refractivity contribution in [3.63, 3.8) is 0 Å². The maximum Gasteiger partial charge on any atom is 0.408 e. The first-order valence-corrected chi connectivity index (χ1v) is 6.48. The smallest absolute Gasteiger partial charge is 0.408 e. The molecule has 0 aromatic heterocycles. The summed E-state index contributed by atoms with van der Waals surface area (Å²) in [5, 5.41) is 5.46. The van der Waals surface area contributed by atoms with E-state index in [4.69, 9.17) is 4.74 Å². The zero-order chi connectivity index (χ0) is 13.9. The van der Waals surface area contributed by atoms with Gasteiger partial charge >= 0.3 is 6.09 Å². The van der Waals surface area contributed by atoms with E-state index in [9.17, 15) is 9.59 Å². The van der Waals surface area contributed by atoms with E-state index in [1.807, 2.05) is 0 Å². The van der Waals surface area contributed by atoms with E-state index in [0.717, 1.165) is 6.42 Å². The van der Waals surface area contributed by atoms with Gasteiger partial charge in [0.05, 0.1) is 0 Å². The standard InChI is InChI=1S/C13H24N2O3/c1-8(2)9-6-7-14-11(16)10(9)15-12(17)18-13(3,4)5/h8-10H,6-7H2,1-5H3,(H,14,16)(H,15,17)/t9-,10+/m0/s1. The first-order chi connectivity index (χ1) is 8.20. The Kier molecular flexibility index (Phi) is 4.59. The molecule has 1 heterocycles. The Hall–Kier alpha value is -1.26. The van der Waals surface area contributed by atoms with Crippen molar-refractivity contribution in [1.82, 2.24) is 10.6 Å². The molecule has 2 N–H and O–H groups in total. The molecule has 0 aromatic rings. The Morgan fingerprint density at radius 2 is 2.06 bits per heavy atom. The minimum Gasteiger partial charge on any atom is -0.444 e. The largest absolute Gasteiger partial charge is 0.444 e. The fourth-order valence-corrected chi connectivity index (χ4v) is 2.16. The van der Waals surface area contributed by atoms with Crippen LogP contribution in [0.15, 0.2) is 0 Å². The molecule has 1 saturated heterocycles. The van der Waals surface area contributed by atoms with Crippen molar-refractivity contribution in [2.45, 2.75) is 52.7 Å². The summed E-state index contributed by atoms with van der Waals surface area (Å²) < 4.78 is 5.19. The number of hydrogen-bond donors (Lipinski definition) is 2. The fraction of sp³-hybridized carbons (Fsp3) is 0.846. The van der Waals surface area contributed by atoms with Crippen molar-refractivity contribution < 1.29 is 14.3 Å². The highest BCUT2D eigenvalue weighted by Crippen LogP contribution is 2.22. The van der Waals surface area contributed by atoms with Gasteiger partial charge in [-0.25, -0.2) is 4.79 Å². The molecule has 2 amide bonds. The normalized spacial score (nSPS) is 24.7. The van der Waals surface area contributed by atoms with E-state index < -0.39 is 17.7 Å². The van der Waals surface area contributed by atoms with Crippen LogP contribution in [-0.4, -0.2) is 30.2 Å². The highest BCUT2D eigenvalue weighted by Gasteiger charge is 2.35. The molecule has 1 fully saturated rings. The van der Waals surface area contributed by atoms with E-state index in [1.165, 1.54) is 0 Å². The van der Waals surface area contributed by atoms with E-state index in [1.54, 1.807) is 20.8 Å². The SMILES string of the molecule is CC(C)[C@@H]1CCNC(=O)[C@@H]1NC(=O)OC(C)(C)C. The highest BCUT2D eigenvalue weighted by molar-refractivity contribution is 5.86. The lowest BCUT2D eigenvalue weighted by molar-refractivity contribution is -0.126. The van der Waals surface area contributed by atoms with Crippen molar-refractivity contribution in [3.8, 4) is 0 Å². The van der Waals surface area contributed by atoms with Crippen LogP contribution in [0.3, 0.4) is 0 Å². The second-order valence-electron chi connectivity index (χ2n) is 6.11. The molecular formula is C13H24N2O3. The van der Waals surface area contributed by atoms with Gasteiger partial charge in [0, 0.05) is 6.54 Å². The molecule has 5 nitrogen and oxygen atoms in total. The third-order valence-corrected chi connectivity index (χ3v) is 3.02. The zero-order valence-electron chi connectivity index (χ0n) is 11.9. The molecule has 0 aliphatic carbocycles. The van der Waals surface area contributed by atoms with Crippen LogP contribution in [0, 0.1) is 11.8 Å². The maximum absolute atomic E-state index is 11.8. The molecule has 0 saturated carbocycles. The molecule has 1 aliphatic heterocycles. The van der Waals surface area contributed by atoms with Crippen LogP contribution >= 0.6 is 0 Å². The summed E-state index contributed by atoms with van der Waals surface area (Å²) in [7, 11) is 0. The number of carbonyl (C=O) groups is 2. The van der Waals surface area contributed by atoms with Gasteiger partial charge in [0.25, 0.3) is 0 Å². The van der Waals surface area contributed by atoms with E-state index in [-0.39, 0.29) is 11.8 Å². The van der Waals surface area contributed by atoms with E-state index in [0.29, 0.717) is 12.5 Å². The Morgan fingerprint density at radius 3 is 2.56 bits per heavy atom. The summed E-state index contributed by atoms with van der Waals surface area (Å²) in [6, 6.07) is -0.492. The van der Waals surface area contributed by atoms with Gasteiger partial charge in [0.2, 0.25) is 5.91 Å². The summed E-state index contributed by atoms with van der Waals surface area (Å²) in [6.45, 7) is 10.2. The lowest BCUT2D eigenvalue weighted by Gasteiger charge is -2.34. The average molecular weight is 256 g/mol. The molecule has 0 radical (unpaired) electrons. The second kappa shape index (κ2) is 5.59. The van der Waals surface area contributed by atoms with Crippen LogP contribution < -0.4 is 10.6 Å². The van der Waals surface area contributed by atoms with Crippen LogP contribution in [0.1, 0.15) is 41.0 Å².